The molecule has 7 heteroatoms. The van der Waals surface area contributed by atoms with Crippen LogP contribution in [0.25, 0.3) is 11.0 Å². The number of carbonyl (C=O) groups excluding carboxylic acids is 1. The van der Waals surface area contributed by atoms with Crippen molar-refractivity contribution >= 4 is 33.1 Å². The van der Waals surface area contributed by atoms with Crippen molar-refractivity contribution in [1.82, 2.24) is 19.9 Å². The molecule has 0 N–H and O–H groups in total. The molecule has 3 rings (SSSR count). The van der Waals surface area contributed by atoms with Crippen molar-refractivity contribution in [3.05, 3.63) is 22.2 Å². The Labute approximate surface area is 143 Å². The summed E-state index contributed by atoms with van der Waals surface area (Å²) in [5.41, 5.74) is 2.60. The van der Waals surface area contributed by atoms with Gasteiger partial charge in [0.15, 0.2) is 0 Å². The van der Waals surface area contributed by atoms with Gasteiger partial charge in [0, 0.05) is 30.0 Å². The monoisotopic (exact) mass is 380 g/mol. The van der Waals surface area contributed by atoms with Gasteiger partial charge in [0.05, 0.1) is 5.52 Å². The van der Waals surface area contributed by atoms with Crippen LogP contribution in [0.1, 0.15) is 26.3 Å². The largest absolute Gasteiger partial charge is 0.444 e. The number of carbonyl (C=O) groups is 1. The number of likely N-dealkylation sites (tertiary alicyclic amines) is 1. The number of halogens is 1. The summed E-state index contributed by atoms with van der Waals surface area (Å²) in [6, 6.07) is 4.08. The van der Waals surface area contributed by atoms with Crippen LogP contribution >= 0.6 is 15.9 Å². The SMILES string of the molecule is Cc1cc2nnn(CC3CN(C(=O)OC(C)(C)C)C3)c2cc1Br. The van der Waals surface area contributed by atoms with Crippen LogP contribution in [0.3, 0.4) is 0 Å². The van der Waals surface area contributed by atoms with Gasteiger partial charge in [-0.15, -0.1) is 5.10 Å². The van der Waals surface area contributed by atoms with Gasteiger partial charge in [-0.25, -0.2) is 9.48 Å². The fourth-order valence-electron chi connectivity index (χ4n) is 2.63. The molecule has 1 aromatic heterocycles. The molecule has 0 aliphatic carbocycles. The first kappa shape index (κ1) is 16.2. The fourth-order valence-corrected chi connectivity index (χ4v) is 2.96. The molecule has 0 saturated carbocycles. The molecular formula is C16H21BrN4O2. The molecule has 1 aromatic carbocycles. The molecule has 124 valence electrons. The van der Waals surface area contributed by atoms with E-state index in [9.17, 15) is 4.79 Å². The molecule has 0 atom stereocenters. The summed E-state index contributed by atoms with van der Waals surface area (Å²) in [5.74, 6) is 0.382. The highest BCUT2D eigenvalue weighted by atomic mass is 79.9. The number of hydrogen-bond acceptors (Lipinski definition) is 4. The van der Waals surface area contributed by atoms with Gasteiger partial charge in [-0.05, 0) is 45.4 Å². The second-order valence-electron chi connectivity index (χ2n) is 7.11. The molecule has 6 nitrogen and oxygen atoms in total. The number of ether oxygens (including phenoxy) is 1. The second-order valence-corrected chi connectivity index (χ2v) is 7.97. The topological polar surface area (TPSA) is 60.2 Å². The first-order valence-corrected chi connectivity index (χ1v) is 8.49. The van der Waals surface area contributed by atoms with Crippen LogP contribution in [0, 0.1) is 12.8 Å². The molecule has 2 aromatic rings. The maximum absolute atomic E-state index is 11.9. The van der Waals surface area contributed by atoms with E-state index in [1.807, 2.05) is 38.4 Å². The number of hydrogen-bond donors (Lipinski definition) is 0. The van der Waals surface area contributed by atoms with Crippen LogP contribution in [-0.4, -0.2) is 44.7 Å². The number of fused-ring (bicyclic) bond motifs is 1. The van der Waals surface area contributed by atoms with Crippen molar-refractivity contribution in [2.24, 2.45) is 5.92 Å². The number of amides is 1. The van der Waals surface area contributed by atoms with Gasteiger partial charge >= 0.3 is 6.09 Å². The van der Waals surface area contributed by atoms with Gasteiger partial charge in [-0.2, -0.15) is 0 Å². The molecule has 1 saturated heterocycles. The molecule has 1 amide bonds. The van der Waals surface area contributed by atoms with Crippen molar-refractivity contribution in [2.75, 3.05) is 13.1 Å². The van der Waals surface area contributed by atoms with E-state index >= 15 is 0 Å². The lowest BCUT2D eigenvalue weighted by atomic mass is 10.0. The summed E-state index contributed by atoms with van der Waals surface area (Å²) in [7, 11) is 0. The van der Waals surface area contributed by atoms with E-state index in [0.717, 1.165) is 27.6 Å². The van der Waals surface area contributed by atoms with Gasteiger partial charge in [-0.3, -0.25) is 0 Å². The predicted molar refractivity (Wildman–Crippen MR) is 91.3 cm³/mol. The quantitative estimate of drug-likeness (QED) is 0.801. The fraction of sp³-hybridized carbons (Fsp3) is 0.562. The van der Waals surface area contributed by atoms with Crippen LogP contribution in [0.4, 0.5) is 4.79 Å². The lowest BCUT2D eigenvalue weighted by Crippen LogP contribution is -2.52. The highest BCUT2D eigenvalue weighted by Crippen LogP contribution is 2.25. The number of rotatable bonds is 2. The van der Waals surface area contributed by atoms with E-state index in [4.69, 9.17) is 4.74 Å². The van der Waals surface area contributed by atoms with Crippen molar-refractivity contribution in [3.63, 3.8) is 0 Å². The van der Waals surface area contributed by atoms with Gasteiger partial charge in [0.1, 0.15) is 11.1 Å². The molecule has 0 spiro atoms. The molecule has 1 fully saturated rings. The van der Waals surface area contributed by atoms with E-state index in [2.05, 4.69) is 32.3 Å². The third-order valence-electron chi connectivity index (χ3n) is 3.83. The van der Waals surface area contributed by atoms with E-state index in [-0.39, 0.29) is 6.09 Å². The van der Waals surface area contributed by atoms with Crippen molar-refractivity contribution in [1.29, 1.82) is 0 Å². The predicted octanol–water partition coefficient (Wildman–Crippen LogP) is 3.37. The third-order valence-corrected chi connectivity index (χ3v) is 4.69. The molecule has 2 heterocycles. The average molecular weight is 381 g/mol. The average Bonchev–Trinajstić information content (AvgIpc) is 2.74. The van der Waals surface area contributed by atoms with E-state index < -0.39 is 5.60 Å². The summed E-state index contributed by atoms with van der Waals surface area (Å²) in [4.78, 5) is 13.7. The van der Waals surface area contributed by atoms with Crippen LogP contribution in [-0.2, 0) is 11.3 Å². The van der Waals surface area contributed by atoms with Crippen LogP contribution < -0.4 is 0 Å². The van der Waals surface area contributed by atoms with Crippen molar-refractivity contribution in [3.8, 4) is 0 Å². The van der Waals surface area contributed by atoms with Crippen LogP contribution in [0.15, 0.2) is 16.6 Å². The zero-order chi connectivity index (χ0) is 16.8. The van der Waals surface area contributed by atoms with E-state index in [0.29, 0.717) is 19.0 Å². The zero-order valence-corrected chi connectivity index (χ0v) is 15.4. The number of nitrogens with zero attached hydrogens (tertiary/aromatic N) is 4. The zero-order valence-electron chi connectivity index (χ0n) is 13.8. The second kappa shape index (κ2) is 5.78. The van der Waals surface area contributed by atoms with Gasteiger partial charge < -0.3 is 9.64 Å². The minimum absolute atomic E-state index is 0.240. The minimum Gasteiger partial charge on any atom is -0.444 e. The Kier molecular flexibility index (Phi) is 4.08. The molecule has 23 heavy (non-hydrogen) atoms. The number of aromatic nitrogens is 3. The summed E-state index contributed by atoms with van der Waals surface area (Å²) < 4.78 is 8.34. The maximum Gasteiger partial charge on any atom is 0.410 e. The Balaban J connectivity index is 1.62. The lowest BCUT2D eigenvalue weighted by molar-refractivity contribution is -0.00371. The summed E-state index contributed by atoms with van der Waals surface area (Å²) >= 11 is 3.55. The Morgan fingerprint density at radius 3 is 2.74 bits per heavy atom. The van der Waals surface area contributed by atoms with Gasteiger partial charge in [0.25, 0.3) is 0 Å². The highest BCUT2D eigenvalue weighted by molar-refractivity contribution is 9.10. The van der Waals surface area contributed by atoms with Crippen molar-refractivity contribution in [2.45, 2.75) is 39.8 Å². The summed E-state index contributed by atoms with van der Waals surface area (Å²) in [6.07, 6.45) is -0.240. The van der Waals surface area contributed by atoms with Gasteiger partial charge in [-0.1, -0.05) is 21.1 Å². The minimum atomic E-state index is -0.450. The Morgan fingerprint density at radius 1 is 1.39 bits per heavy atom. The molecular weight excluding hydrogens is 360 g/mol. The van der Waals surface area contributed by atoms with Crippen LogP contribution in [0.2, 0.25) is 0 Å². The van der Waals surface area contributed by atoms with Gasteiger partial charge in [0.2, 0.25) is 0 Å². The highest BCUT2D eigenvalue weighted by Gasteiger charge is 2.34. The smallest absolute Gasteiger partial charge is 0.410 e. The Hall–Kier alpha value is -1.63. The first-order chi connectivity index (χ1) is 10.7. The third kappa shape index (κ3) is 3.49. The maximum atomic E-state index is 11.9. The van der Waals surface area contributed by atoms with Crippen LogP contribution in [0.5, 0.6) is 0 Å². The number of aryl methyl sites for hydroxylation is 1. The molecule has 1 aliphatic rings. The summed E-state index contributed by atoms with van der Waals surface area (Å²) in [6.45, 7) is 9.82. The Morgan fingerprint density at radius 2 is 2.09 bits per heavy atom. The standard InChI is InChI=1S/C16H21BrN4O2/c1-10-5-13-14(6-12(10)17)21(19-18-13)9-11-7-20(8-11)15(22)23-16(2,3)4/h5-6,11H,7-9H2,1-4H3. The summed E-state index contributed by atoms with van der Waals surface area (Å²) in [5, 5.41) is 8.46. The van der Waals surface area contributed by atoms with E-state index in [1.54, 1.807) is 4.90 Å². The number of benzene rings is 1. The first-order valence-electron chi connectivity index (χ1n) is 7.70. The molecule has 0 unspecified atom stereocenters. The normalized spacial score (nSPS) is 15.8. The van der Waals surface area contributed by atoms with Crippen molar-refractivity contribution < 1.29 is 9.53 Å². The lowest BCUT2D eigenvalue weighted by Gasteiger charge is -2.39. The Bertz CT molecular complexity index is 744. The molecule has 1 aliphatic heterocycles. The molecule has 0 bridgehead atoms. The molecule has 0 radical (unpaired) electrons. The van der Waals surface area contributed by atoms with E-state index in [1.165, 1.54) is 0 Å².